The van der Waals surface area contributed by atoms with Crippen molar-refractivity contribution in [3.8, 4) is 0 Å². The first-order valence-corrected chi connectivity index (χ1v) is 3.67. The molecule has 0 unspecified atom stereocenters. The number of halogens is 1. The Bertz CT molecular complexity index is 73.1. The molecule has 0 rings (SSSR count). The zero-order valence-corrected chi connectivity index (χ0v) is 5.73. The van der Waals surface area contributed by atoms with Crippen LogP contribution < -0.4 is 0 Å². The van der Waals surface area contributed by atoms with Crippen molar-refractivity contribution in [2.75, 3.05) is 0 Å². The Kier molecular flexibility index (Phi) is 8.33. The van der Waals surface area contributed by atoms with Gasteiger partial charge < -0.3 is 0 Å². The Morgan fingerprint density at radius 3 is 1.75 bits per heavy atom. The summed E-state index contributed by atoms with van der Waals surface area (Å²) in [6.45, 7) is 2.12. The summed E-state index contributed by atoms with van der Waals surface area (Å²) in [4.78, 5) is 13.9. The molecule has 0 radical (unpaired) electrons. The van der Waals surface area contributed by atoms with Crippen molar-refractivity contribution in [3.63, 3.8) is 0 Å². The normalized spacial score (nSPS) is 9.75. The molecular formula is C2H7FLiO3P. The minimum absolute atomic E-state index is 1.25. The first-order chi connectivity index (χ1) is 3.41. The van der Waals surface area contributed by atoms with Crippen LogP contribution in [0.3, 0.4) is 0 Å². The van der Waals surface area contributed by atoms with Gasteiger partial charge in [-0.3, -0.25) is 9.79 Å². The van der Waals surface area contributed by atoms with E-state index in [-0.39, 0.29) is 0 Å². The molecule has 0 aliphatic rings. The summed E-state index contributed by atoms with van der Waals surface area (Å²) in [6, 6.07) is 0. The Morgan fingerprint density at radius 2 is 1.75 bits per heavy atom. The van der Waals surface area contributed by atoms with E-state index in [0.29, 0.717) is 0 Å². The third-order valence-corrected chi connectivity index (χ3v) is 0. The van der Waals surface area contributed by atoms with Gasteiger partial charge in [0.15, 0.2) is 0 Å². The second kappa shape index (κ2) is 5.81. The van der Waals surface area contributed by atoms with Crippen LogP contribution in [0.15, 0.2) is 0 Å². The van der Waals surface area contributed by atoms with Gasteiger partial charge in [0.25, 0.3) is 0 Å². The number of rotatable bonds is 0. The predicted molar refractivity (Wildman–Crippen MR) is 29.4 cm³/mol. The van der Waals surface area contributed by atoms with Crippen LogP contribution in [0.25, 0.3) is 0 Å². The summed E-state index contributed by atoms with van der Waals surface area (Å²) in [7, 11) is -5.14. The van der Waals surface area contributed by atoms with E-state index in [1.165, 1.54) is 5.09 Å². The van der Waals surface area contributed by atoms with Crippen molar-refractivity contribution >= 4 is 25.6 Å². The molecule has 8 heavy (non-hydrogen) atoms. The quantitative estimate of drug-likeness (QED) is 0.379. The summed E-state index contributed by atoms with van der Waals surface area (Å²) >= 11 is 2.12. The second-order valence-electron chi connectivity index (χ2n) is 1.18. The van der Waals surface area contributed by atoms with Crippen LogP contribution in [0.4, 0.5) is 4.20 Å². The molecular weight excluding hydrogens is 129 g/mol. The Balaban J connectivity index is 0. The van der Waals surface area contributed by atoms with Crippen LogP contribution in [0.1, 0.15) is 6.92 Å². The fourth-order valence-corrected chi connectivity index (χ4v) is 0. The molecule has 0 bridgehead atoms. The fourth-order valence-electron chi connectivity index (χ4n) is 0. The summed E-state index contributed by atoms with van der Waals surface area (Å²) in [5.41, 5.74) is 0. The SMILES string of the molecule is O=P(O)(O)F.[Li][CH2]C. The summed E-state index contributed by atoms with van der Waals surface area (Å²) < 4.78 is 19.0. The molecule has 2 N–H and O–H groups in total. The molecule has 0 spiro atoms. The summed E-state index contributed by atoms with van der Waals surface area (Å²) in [5, 5.41) is 1.25. The molecule has 6 heteroatoms. The maximum absolute atomic E-state index is 10.4. The van der Waals surface area contributed by atoms with E-state index in [9.17, 15) is 4.20 Å². The molecule has 0 saturated heterocycles. The topological polar surface area (TPSA) is 57.5 Å². The van der Waals surface area contributed by atoms with Crippen LogP contribution in [0.2, 0.25) is 5.09 Å². The second-order valence-corrected chi connectivity index (χ2v) is 2.13. The summed E-state index contributed by atoms with van der Waals surface area (Å²) in [6.07, 6.45) is 0. The molecule has 0 atom stereocenters. The van der Waals surface area contributed by atoms with Crippen molar-refractivity contribution < 1.29 is 18.5 Å². The first-order valence-electron chi connectivity index (χ1n) is 2.17. The van der Waals surface area contributed by atoms with E-state index < -0.39 is 7.91 Å². The average Bonchev–Trinajstić information content (AvgIpc) is 1.27. The Hall–Kier alpha value is 0.677. The van der Waals surface area contributed by atoms with Crippen LogP contribution in [0.5, 0.6) is 0 Å². The van der Waals surface area contributed by atoms with Crippen LogP contribution in [-0.2, 0) is 4.57 Å². The zero-order chi connectivity index (χ0) is 7.21. The molecule has 0 aromatic heterocycles. The Morgan fingerprint density at radius 1 is 1.75 bits per heavy atom. The van der Waals surface area contributed by atoms with Gasteiger partial charge in [-0.2, -0.15) is 0 Å². The van der Waals surface area contributed by atoms with Gasteiger partial charge >= 0.3 is 37.6 Å². The molecule has 0 aliphatic carbocycles. The molecule has 0 fully saturated rings. The van der Waals surface area contributed by atoms with Gasteiger partial charge in [0, 0.05) is 0 Å². The number of hydrogen-bond donors (Lipinski definition) is 2. The molecule has 0 aliphatic heterocycles. The van der Waals surface area contributed by atoms with Crippen molar-refractivity contribution in [1.82, 2.24) is 0 Å². The number of hydrogen-bond acceptors (Lipinski definition) is 1. The molecule has 0 amide bonds. The zero-order valence-electron chi connectivity index (χ0n) is 4.83. The van der Waals surface area contributed by atoms with E-state index in [0.717, 1.165) is 0 Å². The standard InChI is InChI=1S/C2H5.FH2O3P.Li/c1-2;1-5(2,3)4;/h1H2,2H3;(H2,2,3,4);. The third-order valence-electron chi connectivity index (χ3n) is 0. The van der Waals surface area contributed by atoms with Crippen LogP contribution in [-0.4, -0.2) is 27.5 Å². The first kappa shape index (κ1) is 11.5. The van der Waals surface area contributed by atoms with E-state index in [1.54, 1.807) is 0 Å². The predicted octanol–water partition coefficient (Wildman–Crippen LogP) is 0.642. The van der Waals surface area contributed by atoms with Gasteiger partial charge in [0.1, 0.15) is 0 Å². The molecule has 0 aromatic carbocycles. The van der Waals surface area contributed by atoms with Crippen LogP contribution in [0, 0.1) is 0 Å². The van der Waals surface area contributed by atoms with Crippen molar-refractivity contribution in [1.29, 1.82) is 0 Å². The van der Waals surface area contributed by atoms with Crippen LogP contribution >= 0.6 is 7.91 Å². The van der Waals surface area contributed by atoms with Gasteiger partial charge in [-0.05, 0) is 0 Å². The monoisotopic (exact) mass is 136 g/mol. The van der Waals surface area contributed by atoms with E-state index in [4.69, 9.17) is 14.4 Å². The van der Waals surface area contributed by atoms with E-state index in [1.807, 2.05) is 0 Å². The molecule has 0 heterocycles. The van der Waals surface area contributed by atoms with Gasteiger partial charge in [-0.25, -0.2) is 4.57 Å². The van der Waals surface area contributed by atoms with Gasteiger partial charge in [-0.15, -0.1) is 4.20 Å². The molecule has 46 valence electrons. The maximum atomic E-state index is 10.4. The Labute approximate surface area is 56.8 Å². The van der Waals surface area contributed by atoms with Crippen molar-refractivity contribution in [2.45, 2.75) is 12.0 Å². The third kappa shape index (κ3) is 469. The van der Waals surface area contributed by atoms with E-state index in [2.05, 4.69) is 24.6 Å². The fraction of sp³-hybridized carbons (Fsp3) is 1.00. The van der Waals surface area contributed by atoms with Gasteiger partial charge in [0.05, 0.1) is 0 Å². The average molecular weight is 136 g/mol. The minimum atomic E-state index is -5.14. The summed E-state index contributed by atoms with van der Waals surface area (Å²) in [5.74, 6) is 0. The van der Waals surface area contributed by atoms with Crippen molar-refractivity contribution in [3.05, 3.63) is 0 Å². The van der Waals surface area contributed by atoms with Gasteiger partial charge in [0.2, 0.25) is 0 Å². The van der Waals surface area contributed by atoms with E-state index >= 15 is 0 Å². The van der Waals surface area contributed by atoms with Crippen molar-refractivity contribution in [2.24, 2.45) is 0 Å². The molecule has 0 aromatic rings. The molecule has 3 nitrogen and oxygen atoms in total. The molecule has 0 saturated carbocycles. The van der Waals surface area contributed by atoms with Gasteiger partial charge in [-0.1, -0.05) is 0 Å².